The number of likely N-dealkylation sites (tertiary alicyclic amines) is 1. The Kier molecular flexibility index (Phi) is 5.99. The quantitative estimate of drug-likeness (QED) is 0.610. The van der Waals surface area contributed by atoms with E-state index in [2.05, 4.69) is 44.2 Å². The first-order valence-corrected chi connectivity index (χ1v) is 11.8. The third-order valence-electron chi connectivity index (χ3n) is 6.23. The van der Waals surface area contributed by atoms with E-state index < -0.39 is 0 Å². The van der Waals surface area contributed by atoms with Crippen molar-refractivity contribution in [1.82, 2.24) is 19.9 Å². The number of para-hydroxylation sites is 1. The summed E-state index contributed by atoms with van der Waals surface area (Å²) in [6.07, 6.45) is 1.89. The highest BCUT2D eigenvalue weighted by Crippen LogP contribution is 2.29. The van der Waals surface area contributed by atoms with Gasteiger partial charge in [-0.3, -0.25) is 9.69 Å². The van der Waals surface area contributed by atoms with Crippen LogP contribution in [0.3, 0.4) is 0 Å². The van der Waals surface area contributed by atoms with E-state index in [9.17, 15) is 4.79 Å². The Morgan fingerprint density at radius 2 is 1.77 bits per heavy atom. The highest BCUT2D eigenvalue weighted by atomic mass is 32.1. The van der Waals surface area contributed by atoms with Crippen molar-refractivity contribution in [2.75, 3.05) is 50.7 Å². The molecule has 0 unspecified atom stereocenters. The number of anilines is 1. The van der Waals surface area contributed by atoms with E-state index in [0.717, 1.165) is 62.9 Å². The molecule has 8 heteroatoms. The molecule has 4 heterocycles. The number of aromatic nitrogens is 2. The van der Waals surface area contributed by atoms with Crippen LogP contribution in [0.15, 0.2) is 52.4 Å². The van der Waals surface area contributed by atoms with Crippen LogP contribution in [-0.2, 0) is 4.79 Å². The number of benzene rings is 1. The highest BCUT2D eigenvalue weighted by Gasteiger charge is 2.28. The highest BCUT2D eigenvalue weighted by molar-refractivity contribution is 7.13. The number of hydrogen-bond acceptors (Lipinski definition) is 7. The van der Waals surface area contributed by atoms with Crippen molar-refractivity contribution in [2.24, 2.45) is 0 Å². The van der Waals surface area contributed by atoms with Gasteiger partial charge >= 0.3 is 0 Å². The first-order valence-electron chi connectivity index (χ1n) is 10.9. The number of thiophene rings is 1. The second-order valence-electron chi connectivity index (χ2n) is 8.19. The summed E-state index contributed by atoms with van der Waals surface area (Å²) in [6.45, 7) is 5.63. The van der Waals surface area contributed by atoms with E-state index in [1.54, 1.807) is 11.3 Å². The van der Waals surface area contributed by atoms with Crippen LogP contribution in [0.5, 0.6) is 0 Å². The standard InChI is InChI=1S/C23H27N5O2S/c29-21(28-14-12-27(13-15-28)19-5-2-1-3-6-19)17-26-10-8-18(9-11-26)23-24-22(25-30-23)20-7-4-16-31-20/h1-7,16,18H,8-15,17H2. The second kappa shape index (κ2) is 9.20. The van der Waals surface area contributed by atoms with Gasteiger partial charge in [-0.1, -0.05) is 29.4 Å². The smallest absolute Gasteiger partial charge is 0.236 e. The lowest BCUT2D eigenvalue weighted by Gasteiger charge is -2.37. The summed E-state index contributed by atoms with van der Waals surface area (Å²) in [6, 6.07) is 14.4. The number of piperazine rings is 1. The molecule has 31 heavy (non-hydrogen) atoms. The summed E-state index contributed by atoms with van der Waals surface area (Å²) in [7, 11) is 0. The minimum Gasteiger partial charge on any atom is -0.368 e. The van der Waals surface area contributed by atoms with Crippen molar-refractivity contribution < 1.29 is 9.32 Å². The second-order valence-corrected chi connectivity index (χ2v) is 9.14. The molecule has 0 saturated carbocycles. The Labute approximate surface area is 186 Å². The lowest BCUT2D eigenvalue weighted by molar-refractivity contribution is -0.133. The average Bonchev–Trinajstić information content (AvgIpc) is 3.53. The van der Waals surface area contributed by atoms with E-state index >= 15 is 0 Å². The molecule has 0 atom stereocenters. The maximum absolute atomic E-state index is 12.8. The summed E-state index contributed by atoms with van der Waals surface area (Å²) in [4.78, 5) is 25.1. The van der Waals surface area contributed by atoms with Crippen LogP contribution >= 0.6 is 11.3 Å². The van der Waals surface area contributed by atoms with E-state index in [1.807, 2.05) is 28.5 Å². The summed E-state index contributed by atoms with van der Waals surface area (Å²) in [5, 5.41) is 6.15. The van der Waals surface area contributed by atoms with Crippen molar-refractivity contribution in [3.05, 3.63) is 53.7 Å². The van der Waals surface area contributed by atoms with Gasteiger partial charge in [-0.25, -0.2) is 0 Å². The molecule has 5 rings (SSSR count). The van der Waals surface area contributed by atoms with Crippen molar-refractivity contribution in [3.8, 4) is 10.7 Å². The van der Waals surface area contributed by atoms with Crippen molar-refractivity contribution in [2.45, 2.75) is 18.8 Å². The lowest BCUT2D eigenvalue weighted by Crippen LogP contribution is -2.51. The first kappa shape index (κ1) is 20.2. The van der Waals surface area contributed by atoms with E-state index in [-0.39, 0.29) is 11.8 Å². The molecule has 0 radical (unpaired) electrons. The number of piperidine rings is 1. The molecule has 0 aliphatic carbocycles. The van der Waals surface area contributed by atoms with Gasteiger partial charge in [0.25, 0.3) is 0 Å². The third-order valence-corrected chi connectivity index (χ3v) is 7.10. The molecule has 2 fully saturated rings. The number of carbonyl (C=O) groups excluding carboxylic acids is 1. The predicted molar refractivity (Wildman–Crippen MR) is 121 cm³/mol. The molecule has 0 spiro atoms. The predicted octanol–water partition coefficient (Wildman–Crippen LogP) is 3.33. The number of carbonyl (C=O) groups is 1. The van der Waals surface area contributed by atoms with Gasteiger partial charge in [-0.2, -0.15) is 4.98 Å². The fourth-order valence-electron chi connectivity index (χ4n) is 4.39. The van der Waals surface area contributed by atoms with Crippen LogP contribution < -0.4 is 4.90 Å². The maximum atomic E-state index is 12.8. The molecule has 0 N–H and O–H groups in total. The zero-order valence-corrected chi connectivity index (χ0v) is 18.3. The van der Waals surface area contributed by atoms with Crippen LogP contribution in [0.2, 0.25) is 0 Å². The normalized spacial score (nSPS) is 18.5. The van der Waals surface area contributed by atoms with E-state index in [0.29, 0.717) is 12.4 Å². The van der Waals surface area contributed by atoms with Crippen LogP contribution in [0.4, 0.5) is 5.69 Å². The van der Waals surface area contributed by atoms with Gasteiger partial charge in [0.15, 0.2) is 0 Å². The van der Waals surface area contributed by atoms with E-state index in [1.165, 1.54) is 5.69 Å². The van der Waals surface area contributed by atoms with Crippen LogP contribution in [0.25, 0.3) is 10.7 Å². The maximum Gasteiger partial charge on any atom is 0.236 e. The minimum absolute atomic E-state index is 0.240. The van der Waals surface area contributed by atoms with Gasteiger partial charge < -0.3 is 14.3 Å². The van der Waals surface area contributed by atoms with Gasteiger partial charge in [0, 0.05) is 37.8 Å². The Morgan fingerprint density at radius 1 is 1.00 bits per heavy atom. The van der Waals surface area contributed by atoms with Crippen LogP contribution in [0, 0.1) is 0 Å². The Balaban J connectivity index is 1.08. The summed E-state index contributed by atoms with van der Waals surface area (Å²) in [5.74, 6) is 1.93. The Bertz CT molecular complexity index is 975. The SMILES string of the molecule is O=C(CN1CCC(c2nc(-c3cccs3)no2)CC1)N1CCN(c2ccccc2)CC1. The molecular formula is C23H27N5O2S. The van der Waals surface area contributed by atoms with E-state index in [4.69, 9.17) is 4.52 Å². The fourth-order valence-corrected chi connectivity index (χ4v) is 5.04. The summed E-state index contributed by atoms with van der Waals surface area (Å²) in [5.41, 5.74) is 1.24. The molecule has 1 amide bonds. The van der Waals surface area contributed by atoms with Gasteiger partial charge in [0.05, 0.1) is 11.4 Å². The Morgan fingerprint density at radius 3 is 2.48 bits per heavy atom. The zero-order valence-electron chi connectivity index (χ0n) is 17.5. The number of rotatable bonds is 5. The fraction of sp³-hybridized carbons (Fsp3) is 0.435. The first-order chi connectivity index (χ1) is 15.3. The van der Waals surface area contributed by atoms with Crippen LogP contribution in [0.1, 0.15) is 24.7 Å². The number of hydrogen-bond donors (Lipinski definition) is 0. The molecule has 2 aliphatic heterocycles. The van der Waals surface area contributed by atoms with Gasteiger partial charge in [0.1, 0.15) is 0 Å². The summed E-state index contributed by atoms with van der Waals surface area (Å²) >= 11 is 1.62. The molecule has 2 aliphatic rings. The van der Waals surface area contributed by atoms with Gasteiger partial charge in [-0.15, -0.1) is 11.3 Å². The third kappa shape index (κ3) is 4.65. The molecule has 1 aromatic carbocycles. The van der Waals surface area contributed by atoms with Crippen molar-refractivity contribution >= 4 is 22.9 Å². The molecular weight excluding hydrogens is 410 g/mol. The molecule has 7 nitrogen and oxygen atoms in total. The zero-order chi connectivity index (χ0) is 21.0. The average molecular weight is 438 g/mol. The van der Waals surface area contributed by atoms with Crippen LogP contribution in [-0.4, -0.2) is 71.7 Å². The molecule has 2 saturated heterocycles. The largest absolute Gasteiger partial charge is 0.368 e. The number of nitrogens with zero attached hydrogens (tertiary/aromatic N) is 5. The van der Waals surface area contributed by atoms with Gasteiger partial charge in [-0.05, 0) is 49.5 Å². The molecule has 2 aromatic heterocycles. The summed E-state index contributed by atoms with van der Waals surface area (Å²) < 4.78 is 5.53. The number of amides is 1. The van der Waals surface area contributed by atoms with Crippen molar-refractivity contribution in [1.29, 1.82) is 0 Å². The molecule has 0 bridgehead atoms. The minimum atomic E-state index is 0.240. The topological polar surface area (TPSA) is 65.7 Å². The lowest BCUT2D eigenvalue weighted by atomic mass is 9.97. The molecule has 162 valence electrons. The Hall–Kier alpha value is -2.71. The molecule has 3 aromatic rings. The van der Waals surface area contributed by atoms with Gasteiger partial charge in [0.2, 0.25) is 17.6 Å². The van der Waals surface area contributed by atoms with Crippen molar-refractivity contribution in [3.63, 3.8) is 0 Å². The monoisotopic (exact) mass is 437 g/mol.